The maximum Gasteiger partial charge on any atom is 0.338 e. The third-order valence-electron chi connectivity index (χ3n) is 13.3. The van der Waals surface area contributed by atoms with Crippen LogP contribution in [-0.2, 0) is 36.8 Å². The SMILES string of the molecule is CCOC(=O)c1cccc(Cl)c1C.CCOC(=O)c1cccc(Cl)c1CBr.CCOC(=O)c1cccc(Cl)c1CSc1ccc(F)cc1.Cc1c(Cl)cccc1C(=O)O.O=C(O)c1cccc(Cl)c1CSc1ccc(F)cc1.O=C1c2cc(F)ccc2SCc2c(Cl)cccc21. The highest BCUT2D eigenvalue weighted by molar-refractivity contribution is 9.08. The summed E-state index contributed by atoms with van der Waals surface area (Å²) < 4.78 is 53.7. The lowest BCUT2D eigenvalue weighted by Gasteiger charge is -2.10. The highest BCUT2D eigenvalue weighted by Crippen LogP contribution is 2.37. The molecule has 0 saturated heterocycles. The molecule has 0 amide bonds. The number of thioether (sulfide) groups is 3. The van der Waals surface area contributed by atoms with Crippen LogP contribution in [0.5, 0.6) is 0 Å². The van der Waals surface area contributed by atoms with E-state index in [1.54, 1.807) is 162 Å². The zero-order valence-corrected chi connectivity index (χ0v) is 60.3. The summed E-state index contributed by atoms with van der Waals surface area (Å²) in [5.74, 6) is -2.53. The lowest BCUT2D eigenvalue weighted by Crippen LogP contribution is -2.08. The van der Waals surface area contributed by atoms with Crippen molar-refractivity contribution in [3.05, 3.63) is 296 Å². The van der Waals surface area contributed by atoms with E-state index in [-0.39, 0.29) is 46.5 Å². The quantitative estimate of drug-likeness (QED) is 0.0430. The molecule has 24 heteroatoms. The van der Waals surface area contributed by atoms with Crippen molar-refractivity contribution in [1.82, 2.24) is 0 Å². The largest absolute Gasteiger partial charge is 0.478 e. The number of alkyl halides is 1. The summed E-state index contributed by atoms with van der Waals surface area (Å²) in [6.45, 7) is 9.86. The third kappa shape index (κ3) is 24.0. The van der Waals surface area contributed by atoms with Gasteiger partial charge in [-0.15, -0.1) is 35.3 Å². The Morgan fingerprint density at radius 2 is 0.823 bits per heavy atom. The molecule has 96 heavy (non-hydrogen) atoms. The number of carbonyl (C=O) groups excluding carboxylic acids is 4. The number of carboxylic acid groups (broad SMARTS) is 2. The van der Waals surface area contributed by atoms with Crippen molar-refractivity contribution in [2.75, 3.05) is 19.8 Å². The molecule has 0 saturated carbocycles. The van der Waals surface area contributed by atoms with E-state index in [4.69, 9.17) is 94.0 Å². The minimum Gasteiger partial charge on any atom is -0.478 e. The van der Waals surface area contributed by atoms with Gasteiger partial charge in [0.15, 0.2) is 5.78 Å². The lowest BCUT2D eigenvalue weighted by molar-refractivity contribution is 0.0515. The standard InChI is InChI=1S/C16H14ClFO2S.C14H10ClFO2S.C14H8ClFOS.C10H10BrClO2.C10H11ClO2.C8H7ClO2/c1-2-20-16(19)13-4-3-5-15(17)14(13)10-21-12-8-6-11(18)7-9-12;15-13-3-1-2-11(14(17)18)12(13)8-19-10-6-4-9(16)5-7-10;15-12-3-1-2-9-11(12)7-18-13-5-4-8(16)6-10(13)14(9)17;1-2-14-10(13)7-4-3-5-9(12)8(7)6-11;1-3-13-10(12)8-5-4-6-9(11)7(8)2;1-5-6(8(10)11)3-2-4-7(5)9/h3-9H,2,10H2,1H3;1-7H,8H2,(H,17,18);1-6H,7H2;3-5H,2,6H2,1H3;4-6H,3H2,1-2H3;2-4H,1H3,(H,10,11). The molecular weight excluding hydrogens is 1490 g/mol. The van der Waals surface area contributed by atoms with Crippen molar-refractivity contribution in [3.63, 3.8) is 0 Å². The first-order chi connectivity index (χ1) is 45.8. The average molecular weight is 1550 g/mol. The smallest absolute Gasteiger partial charge is 0.338 e. The Hall–Kier alpha value is -6.94. The molecule has 9 aromatic carbocycles. The van der Waals surface area contributed by atoms with Gasteiger partial charge in [0, 0.05) is 78.5 Å². The Balaban J connectivity index is 0.000000211. The number of aromatic carboxylic acids is 2. The van der Waals surface area contributed by atoms with Crippen LogP contribution >= 0.6 is 121 Å². The van der Waals surface area contributed by atoms with E-state index >= 15 is 0 Å². The van der Waals surface area contributed by atoms with Gasteiger partial charge in [-0.2, -0.15) is 0 Å². The predicted octanol–water partition coefficient (Wildman–Crippen LogP) is 22.3. The van der Waals surface area contributed by atoms with Crippen molar-refractivity contribution in [2.24, 2.45) is 0 Å². The van der Waals surface area contributed by atoms with Crippen LogP contribution in [0.4, 0.5) is 13.2 Å². The van der Waals surface area contributed by atoms with Crippen molar-refractivity contribution >= 4 is 156 Å². The summed E-state index contributed by atoms with van der Waals surface area (Å²) in [7, 11) is 0. The molecule has 502 valence electrons. The molecule has 2 N–H and O–H groups in total. The number of ketones is 1. The first-order valence-electron chi connectivity index (χ1n) is 28.7. The first-order valence-corrected chi connectivity index (χ1v) is 35.1. The number of ether oxygens (including phenoxy) is 3. The van der Waals surface area contributed by atoms with Crippen LogP contribution in [0.25, 0.3) is 0 Å². The van der Waals surface area contributed by atoms with E-state index in [2.05, 4.69) is 15.9 Å². The summed E-state index contributed by atoms with van der Waals surface area (Å²) in [4.78, 5) is 71.3. The molecule has 0 unspecified atom stereocenters. The number of esters is 3. The molecule has 0 radical (unpaired) electrons. The molecule has 0 aliphatic carbocycles. The normalized spacial score (nSPS) is 10.8. The van der Waals surface area contributed by atoms with Crippen LogP contribution in [-0.4, -0.2) is 65.7 Å². The van der Waals surface area contributed by atoms with E-state index in [0.29, 0.717) is 111 Å². The van der Waals surface area contributed by atoms with Gasteiger partial charge < -0.3 is 24.4 Å². The van der Waals surface area contributed by atoms with Gasteiger partial charge in [0.1, 0.15) is 17.5 Å². The van der Waals surface area contributed by atoms with Gasteiger partial charge in [-0.25, -0.2) is 37.1 Å². The number of rotatable bonds is 15. The maximum absolute atomic E-state index is 13.3. The zero-order valence-electron chi connectivity index (χ0n) is 51.8. The average Bonchev–Trinajstić information content (AvgIpc) is 1.61. The minimum atomic E-state index is -1.00. The molecule has 0 fully saturated rings. The second kappa shape index (κ2) is 40.7. The van der Waals surface area contributed by atoms with E-state index in [1.807, 2.05) is 0 Å². The third-order valence-corrected chi connectivity index (χ3v) is 19.3. The van der Waals surface area contributed by atoms with Gasteiger partial charge in [0.05, 0.1) is 47.6 Å². The second-order valence-corrected chi connectivity index (χ2v) is 25.7. The molecule has 11 nitrogen and oxygen atoms in total. The zero-order chi connectivity index (χ0) is 70.6. The molecule has 0 spiro atoms. The van der Waals surface area contributed by atoms with Gasteiger partial charge in [-0.05, 0) is 201 Å². The second-order valence-electron chi connectivity index (χ2n) is 19.5. The Morgan fingerprint density at radius 3 is 1.27 bits per heavy atom. The molecule has 1 aliphatic heterocycles. The summed E-state index contributed by atoms with van der Waals surface area (Å²) in [5.41, 5.74) is 7.25. The number of fused-ring (bicyclic) bond motifs is 2. The molecule has 9 aromatic rings. The lowest BCUT2D eigenvalue weighted by atomic mass is 9.99. The fourth-order valence-corrected chi connectivity index (χ4v) is 13.7. The van der Waals surface area contributed by atoms with Gasteiger partial charge in [-0.1, -0.05) is 128 Å². The van der Waals surface area contributed by atoms with Crippen LogP contribution < -0.4 is 0 Å². The monoisotopic (exact) mass is 1540 g/mol. The summed E-state index contributed by atoms with van der Waals surface area (Å²) >= 11 is 43.5. The number of hydrogen-bond donors (Lipinski definition) is 2. The Labute approximate surface area is 605 Å². The van der Waals surface area contributed by atoms with Gasteiger partial charge in [0.2, 0.25) is 0 Å². The molecule has 1 heterocycles. The first kappa shape index (κ1) is 79.7. The highest BCUT2D eigenvalue weighted by Gasteiger charge is 2.24. The number of hydrogen-bond acceptors (Lipinski definition) is 12. The topological polar surface area (TPSA) is 171 Å². The summed E-state index contributed by atoms with van der Waals surface area (Å²) in [6.07, 6.45) is 0. The van der Waals surface area contributed by atoms with Crippen molar-refractivity contribution in [3.8, 4) is 0 Å². The number of halogens is 10. The number of carbonyl (C=O) groups is 6. The Kier molecular flexibility index (Phi) is 33.8. The Morgan fingerprint density at radius 1 is 0.458 bits per heavy atom. The van der Waals surface area contributed by atoms with Crippen molar-refractivity contribution < 1.29 is 66.4 Å². The van der Waals surface area contributed by atoms with Crippen LogP contribution in [0.3, 0.4) is 0 Å². The summed E-state index contributed by atoms with van der Waals surface area (Å²) in [5, 5.41) is 21.5. The molecular formula is C72H60BrCl6F3O11S3. The molecule has 0 aromatic heterocycles. The van der Waals surface area contributed by atoms with Crippen molar-refractivity contribution in [1.29, 1.82) is 0 Å². The number of carboxylic acids is 2. The highest BCUT2D eigenvalue weighted by atomic mass is 79.9. The molecule has 0 bridgehead atoms. The van der Waals surface area contributed by atoms with Crippen LogP contribution in [0.1, 0.15) is 122 Å². The maximum atomic E-state index is 13.3. The molecule has 1 aliphatic rings. The van der Waals surface area contributed by atoms with Crippen LogP contribution in [0.15, 0.2) is 191 Å². The van der Waals surface area contributed by atoms with Crippen LogP contribution in [0, 0.1) is 31.3 Å². The summed E-state index contributed by atoms with van der Waals surface area (Å²) in [6, 6.07) is 47.0. The van der Waals surface area contributed by atoms with Gasteiger partial charge >= 0.3 is 29.8 Å². The van der Waals surface area contributed by atoms with E-state index in [0.717, 1.165) is 36.9 Å². The molecule has 0 atom stereocenters. The predicted molar refractivity (Wildman–Crippen MR) is 384 cm³/mol. The van der Waals surface area contributed by atoms with E-state index in [1.165, 1.54) is 83.8 Å². The van der Waals surface area contributed by atoms with Gasteiger partial charge in [0.25, 0.3) is 0 Å². The minimum absolute atomic E-state index is 0.160. The fraction of sp³-hybridized carbons (Fsp3) is 0.167. The van der Waals surface area contributed by atoms with Gasteiger partial charge in [-0.3, -0.25) is 4.79 Å². The molecule has 10 rings (SSSR count). The van der Waals surface area contributed by atoms with Crippen LogP contribution in [0.2, 0.25) is 30.1 Å². The fourth-order valence-electron chi connectivity index (χ4n) is 8.37. The van der Waals surface area contributed by atoms with E-state index < -0.39 is 17.8 Å². The number of benzene rings is 9. The van der Waals surface area contributed by atoms with E-state index in [9.17, 15) is 41.9 Å². The Bertz CT molecular complexity index is 4190. The van der Waals surface area contributed by atoms with Crippen molar-refractivity contribution in [2.45, 2.75) is 71.9 Å².